The number of rotatable bonds is 2. The van der Waals surface area contributed by atoms with E-state index in [-0.39, 0.29) is 0 Å². The van der Waals surface area contributed by atoms with Gasteiger partial charge in [-0.25, -0.2) is 0 Å². The van der Waals surface area contributed by atoms with Crippen LogP contribution in [0.25, 0.3) is 0 Å². The van der Waals surface area contributed by atoms with Crippen LogP contribution >= 0.6 is 0 Å². The van der Waals surface area contributed by atoms with Gasteiger partial charge in [0.05, 0.1) is 5.69 Å². The van der Waals surface area contributed by atoms with Crippen LogP contribution in [-0.4, -0.2) is 15.0 Å². The molecule has 0 spiro atoms. The summed E-state index contributed by atoms with van der Waals surface area (Å²) in [6, 6.07) is 0. The second-order valence-corrected chi connectivity index (χ2v) is 1.93. The molecule has 0 unspecified atom stereocenters. The van der Waals surface area contributed by atoms with Crippen molar-refractivity contribution in [3.05, 3.63) is 18.3 Å². The quantitative estimate of drug-likeness (QED) is 0.583. The van der Waals surface area contributed by atoms with Crippen LogP contribution in [0.2, 0.25) is 0 Å². The van der Waals surface area contributed by atoms with E-state index < -0.39 is 0 Å². The first-order valence-electron chi connectivity index (χ1n) is 3.02. The summed E-state index contributed by atoms with van der Waals surface area (Å²) in [5, 5.41) is 7.63. The van der Waals surface area contributed by atoms with Gasteiger partial charge in [-0.2, -0.15) is 0 Å². The van der Waals surface area contributed by atoms with Crippen molar-refractivity contribution in [2.45, 2.75) is 13.3 Å². The normalized spacial score (nSPS) is 10.0. The van der Waals surface area contributed by atoms with Crippen molar-refractivity contribution in [2.75, 3.05) is 0 Å². The number of hydrogen-bond donors (Lipinski definition) is 0. The zero-order valence-corrected chi connectivity index (χ0v) is 5.70. The van der Waals surface area contributed by atoms with Crippen molar-refractivity contribution in [1.29, 1.82) is 0 Å². The summed E-state index contributed by atoms with van der Waals surface area (Å²) in [5.74, 6) is 0. The molecule has 0 atom stereocenters. The molecular weight excluding hydrogens is 114 g/mol. The third-order valence-corrected chi connectivity index (χ3v) is 1.03. The van der Waals surface area contributed by atoms with E-state index in [1.807, 2.05) is 19.7 Å². The average Bonchev–Trinajstić information content (AvgIpc) is 2.17. The van der Waals surface area contributed by atoms with E-state index in [0.29, 0.717) is 0 Å². The van der Waals surface area contributed by atoms with Gasteiger partial charge in [-0.15, -0.1) is 5.10 Å². The largest absolute Gasteiger partial charge is 0.255 e. The molecule has 0 aliphatic heterocycles. The molecule has 0 fully saturated rings. The fraction of sp³-hybridized carbons (Fsp3) is 0.500. The van der Waals surface area contributed by atoms with E-state index in [0.717, 1.165) is 12.1 Å². The molecule has 1 heterocycles. The maximum atomic E-state index is 3.86. The third kappa shape index (κ3) is 1.52. The SMILES string of the molecule is CC[CH]c1cn(C)nn1. The number of aryl methyl sites for hydroxylation is 1. The van der Waals surface area contributed by atoms with Gasteiger partial charge < -0.3 is 0 Å². The summed E-state index contributed by atoms with van der Waals surface area (Å²) in [6.45, 7) is 2.08. The molecule has 1 aromatic heterocycles. The second kappa shape index (κ2) is 2.62. The maximum Gasteiger partial charge on any atom is 0.0864 e. The lowest BCUT2D eigenvalue weighted by molar-refractivity contribution is 0.714. The van der Waals surface area contributed by atoms with Crippen LogP contribution in [-0.2, 0) is 7.05 Å². The molecule has 0 aromatic carbocycles. The van der Waals surface area contributed by atoms with Crippen LogP contribution < -0.4 is 0 Å². The first-order chi connectivity index (χ1) is 4.33. The lowest BCUT2D eigenvalue weighted by atomic mass is 10.3. The summed E-state index contributed by atoms with van der Waals surface area (Å²) in [5.41, 5.74) is 0.958. The van der Waals surface area contributed by atoms with Crippen molar-refractivity contribution >= 4 is 0 Å². The van der Waals surface area contributed by atoms with Crippen molar-refractivity contribution in [3.63, 3.8) is 0 Å². The number of aromatic nitrogens is 3. The van der Waals surface area contributed by atoms with E-state index in [4.69, 9.17) is 0 Å². The maximum absolute atomic E-state index is 3.86. The van der Waals surface area contributed by atoms with Crippen LogP contribution in [0.4, 0.5) is 0 Å². The summed E-state index contributed by atoms with van der Waals surface area (Å²) >= 11 is 0. The summed E-state index contributed by atoms with van der Waals surface area (Å²) < 4.78 is 1.70. The van der Waals surface area contributed by atoms with Gasteiger partial charge in [-0.1, -0.05) is 12.1 Å². The fourth-order valence-corrected chi connectivity index (χ4v) is 0.668. The second-order valence-electron chi connectivity index (χ2n) is 1.93. The molecule has 1 aromatic rings. The van der Waals surface area contributed by atoms with Gasteiger partial charge in [0.25, 0.3) is 0 Å². The summed E-state index contributed by atoms with van der Waals surface area (Å²) in [4.78, 5) is 0. The lowest BCUT2D eigenvalue weighted by Gasteiger charge is -1.83. The Morgan fingerprint density at radius 3 is 3.00 bits per heavy atom. The Morgan fingerprint density at radius 1 is 1.78 bits per heavy atom. The van der Waals surface area contributed by atoms with E-state index in [1.54, 1.807) is 4.68 Å². The van der Waals surface area contributed by atoms with E-state index in [9.17, 15) is 0 Å². The summed E-state index contributed by atoms with van der Waals surface area (Å²) in [7, 11) is 1.86. The zero-order valence-electron chi connectivity index (χ0n) is 5.70. The van der Waals surface area contributed by atoms with Gasteiger partial charge in [-0.3, -0.25) is 4.68 Å². The highest BCUT2D eigenvalue weighted by Crippen LogP contribution is 1.97. The Bertz CT molecular complexity index is 180. The van der Waals surface area contributed by atoms with Gasteiger partial charge in [0.1, 0.15) is 0 Å². The molecule has 1 rings (SSSR count). The topological polar surface area (TPSA) is 30.7 Å². The molecule has 0 saturated carbocycles. The molecular formula is C6H10N3. The molecule has 3 heteroatoms. The van der Waals surface area contributed by atoms with Crippen LogP contribution in [0, 0.1) is 6.42 Å². The minimum atomic E-state index is 0.958. The third-order valence-electron chi connectivity index (χ3n) is 1.03. The Hall–Kier alpha value is -0.860. The Kier molecular flexibility index (Phi) is 1.82. The molecule has 0 aliphatic carbocycles. The van der Waals surface area contributed by atoms with Gasteiger partial charge in [0.2, 0.25) is 0 Å². The Labute approximate surface area is 54.7 Å². The molecule has 3 nitrogen and oxygen atoms in total. The van der Waals surface area contributed by atoms with E-state index in [1.165, 1.54) is 0 Å². The lowest BCUT2D eigenvalue weighted by Crippen LogP contribution is -1.85. The molecule has 49 valence electrons. The highest BCUT2D eigenvalue weighted by Gasteiger charge is 1.93. The zero-order chi connectivity index (χ0) is 6.69. The fourth-order valence-electron chi connectivity index (χ4n) is 0.668. The highest BCUT2D eigenvalue weighted by molar-refractivity contribution is 5.04. The molecule has 1 radical (unpaired) electrons. The van der Waals surface area contributed by atoms with Gasteiger partial charge in [-0.05, 0) is 6.42 Å². The Balaban J connectivity index is 2.61. The van der Waals surface area contributed by atoms with E-state index >= 15 is 0 Å². The standard InChI is InChI=1S/C6H10N3/c1-3-4-6-5-9(2)8-7-6/h4-5H,3H2,1-2H3. The molecule has 0 saturated heterocycles. The molecule has 0 amide bonds. The monoisotopic (exact) mass is 124 g/mol. The van der Waals surface area contributed by atoms with E-state index in [2.05, 4.69) is 17.2 Å². The molecule has 9 heavy (non-hydrogen) atoms. The number of nitrogens with zero attached hydrogens (tertiary/aromatic N) is 3. The predicted octanol–water partition coefficient (Wildman–Crippen LogP) is 0.777. The van der Waals surface area contributed by atoms with Crippen molar-refractivity contribution in [2.24, 2.45) is 7.05 Å². The van der Waals surface area contributed by atoms with Crippen molar-refractivity contribution < 1.29 is 0 Å². The molecule has 0 N–H and O–H groups in total. The minimum absolute atomic E-state index is 0.958. The van der Waals surface area contributed by atoms with Crippen molar-refractivity contribution in [3.8, 4) is 0 Å². The minimum Gasteiger partial charge on any atom is -0.255 e. The average molecular weight is 124 g/mol. The van der Waals surface area contributed by atoms with Crippen molar-refractivity contribution in [1.82, 2.24) is 15.0 Å². The van der Waals surface area contributed by atoms with Gasteiger partial charge in [0, 0.05) is 19.7 Å². The first-order valence-corrected chi connectivity index (χ1v) is 3.02. The van der Waals surface area contributed by atoms with Crippen LogP contribution in [0.3, 0.4) is 0 Å². The van der Waals surface area contributed by atoms with Gasteiger partial charge >= 0.3 is 0 Å². The highest BCUT2D eigenvalue weighted by atomic mass is 15.4. The van der Waals surface area contributed by atoms with Gasteiger partial charge in [0.15, 0.2) is 0 Å². The van der Waals surface area contributed by atoms with Crippen LogP contribution in [0.5, 0.6) is 0 Å². The number of hydrogen-bond acceptors (Lipinski definition) is 2. The predicted molar refractivity (Wildman–Crippen MR) is 34.7 cm³/mol. The summed E-state index contributed by atoms with van der Waals surface area (Å²) in [6.07, 6.45) is 4.94. The molecule has 0 aliphatic rings. The smallest absolute Gasteiger partial charge is 0.0864 e. The van der Waals surface area contributed by atoms with Crippen LogP contribution in [0.1, 0.15) is 19.0 Å². The first kappa shape index (κ1) is 6.26. The van der Waals surface area contributed by atoms with Crippen LogP contribution in [0.15, 0.2) is 6.20 Å². The molecule has 0 bridgehead atoms. The Morgan fingerprint density at radius 2 is 2.56 bits per heavy atom.